The molecule has 2 amide bonds. The SMILES string of the molecule is CN(C)C(=O)C(=Cc1cccnc1)NC(=O)c1ccccc1. The first-order chi connectivity index (χ1) is 10.6. The van der Waals surface area contributed by atoms with Crippen molar-refractivity contribution in [2.45, 2.75) is 0 Å². The average molecular weight is 295 g/mol. The van der Waals surface area contributed by atoms with Crippen molar-refractivity contribution in [3.05, 3.63) is 71.7 Å². The highest BCUT2D eigenvalue weighted by atomic mass is 16.2. The first-order valence-electron chi connectivity index (χ1n) is 6.77. The lowest BCUT2D eigenvalue weighted by molar-refractivity contribution is -0.124. The fraction of sp³-hybridized carbons (Fsp3) is 0.118. The molecule has 0 unspecified atom stereocenters. The molecule has 0 aliphatic heterocycles. The average Bonchev–Trinajstić information content (AvgIpc) is 2.55. The summed E-state index contributed by atoms with van der Waals surface area (Å²) in [6.45, 7) is 0. The standard InChI is InChI=1S/C17H17N3O2/c1-20(2)17(22)15(11-13-7-6-10-18-12-13)19-16(21)14-8-4-3-5-9-14/h3-12H,1-2H3,(H,19,21). The van der Waals surface area contributed by atoms with Crippen molar-refractivity contribution in [1.29, 1.82) is 0 Å². The summed E-state index contributed by atoms with van der Waals surface area (Å²) in [5.74, 6) is -0.612. The van der Waals surface area contributed by atoms with E-state index < -0.39 is 0 Å². The Kier molecular flexibility index (Phi) is 5.03. The number of nitrogens with one attached hydrogen (secondary N) is 1. The van der Waals surface area contributed by atoms with Crippen LogP contribution in [-0.4, -0.2) is 35.8 Å². The third-order valence-electron chi connectivity index (χ3n) is 2.92. The first-order valence-corrected chi connectivity index (χ1v) is 6.77. The minimum Gasteiger partial charge on any atom is -0.344 e. The van der Waals surface area contributed by atoms with E-state index in [-0.39, 0.29) is 17.5 Å². The van der Waals surface area contributed by atoms with Crippen LogP contribution in [0.3, 0.4) is 0 Å². The van der Waals surface area contributed by atoms with Gasteiger partial charge in [0.1, 0.15) is 5.70 Å². The Morgan fingerprint density at radius 2 is 1.82 bits per heavy atom. The van der Waals surface area contributed by atoms with Crippen molar-refractivity contribution in [1.82, 2.24) is 15.2 Å². The van der Waals surface area contributed by atoms with Gasteiger partial charge in [0, 0.05) is 32.1 Å². The molecule has 0 saturated carbocycles. The summed E-state index contributed by atoms with van der Waals surface area (Å²) in [6, 6.07) is 12.3. The Morgan fingerprint density at radius 1 is 1.09 bits per heavy atom. The molecule has 112 valence electrons. The predicted octanol–water partition coefficient (Wildman–Crippen LogP) is 1.94. The number of benzene rings is 1. The maximum atomic E-state index is 12.2. The first kappa shape index (κ1) is 15.4. The van der Waals surface area contributed by atoms with E-state index >= 15 is 0 Å². The van der Waals surface area contributed by atoms with Gasteiger partial charge in [-0.3, -0.25) is 14.6 Å². The summed E-state index contributed by atoms with van der Waals surface area (Å²) in [5, 5.41) is 2.67. The van der Waals surface area contributed by atoms with Crippen molar-refractivity contribution in [2.75, 3.05) is 14.1 Å². The van der Waals surface area contributed by atoms with Gasteiger partial charge in [-0.25, -0.2) is 0 Å². The number of amides is 2. The number of aromatic nitrogens is 1. The number of rotatable bonds is 4. The molecule has 1 heterocycles. The minimum absolute atomic E-state index is 0.201. The molecule has 1 aromatic carbocycles. The summed E-state index contributed by atoms with van der Waals surface area (Å²) in [4.78, 5) is 29.9. The lowest BCUT2D eigenvalue weighted by atomic mass is 10.2. The van der Waals surface area contributed by atoms with Crippen LogP contribution in [0.4, 0.5) is 0 Å². The van der Waals surface area contributed by atoms with E-state index in [0.29, 0.717) is 5.56 Å². The van der Waals surface area contributed by atoms with Gasteiger partial charge in [-0.05, 0) is 29.8 Å². The maximum absolute atomic E-state index is 12.2. The van der Waals surface area contributed by atoms with Crippen molar-refractivity contribution >= 4 is 17.9 Å². The van der Waals surface area contributed by atoms with E-state index in [1.54, 1.807) is 62.9 Å². The number of carbonyl (C=O) groups is 2. The second kappa shape index (κ2) is 7.17. The fourth-order valence-electron chi connectivity index (χ4n) is 1.80. The number of likely N-dealkylation sites (N-methyl/N-ethyl adjacent to an activating group) is 1. The summed E-state index contributed by atoms with van der Waals surface area (Å²) in [7, 11) is 3.27. The maximum Gasteiger partial charge on any atom is 0.269 e. The molecule has 22 heavy (non-hydrogen) atoms. The third-order valence-corrected chi connectivity index (χ3v) is 2.92. The molecule has 0 radical (unpaired) electrons. The molecule has 1 N–H and O–H groups in total. The molecular weight excluding hydrogens is 278 g/mol. The monoisotopic (exact) mass is 295 g/mol. The number of pyridine rings is 1. The fourth-order valence-corrected chi connectivity index (χ4v) is 1.80. The molecule has 2 rings (SSSR count). The van der Waals surface area contributed by atoms with Crippen molar-refractivity contribution < 1.29 is 9.59 Å². The highest BCUT2D eigenvalue weighted by Gasteiger charge is 2.15. The van der Waals surface area contributed by atoms with Crippen LogP contribution >= 0.6 is 0 Å². The van der Waals surface area contributed by atoms with Gasteiger partial charge < -0.3 is 10.2 Å². The van der Waals surface area contributed by atoms with Gasteiger partial charge >= 0.3 is 0 Å². The highest BCUT2D eigenvalue weighted by Crippen LogP contribution is 2.07. The van der Waals surface area contributed by atoms with E-state index in [2.05, 4.69) is 10.3 Å². The van der Waals surface area contributed by atoms with Crippen LogP contribution in [0.25, 0.3) is 6.08 Å². The quantitative estimate of drug-likeness (QED) is 0.877. The van der Waals surface area contributed by atoms with E-state index in [0.717, 1.165) is 5.56 Å². The Balaban J connectivity index is 2.28. The zero-order valence-corrected chi connectivity index (χ0v) is 12.5. The van der Waals surface area contributed by atoms with Crippen molar-refractivity contribution in [3.63, 3.8) is 0 Å². The highest BCUT2D eigenvalue weighted by molar-refractivity contribution is 6.05. The second-order valence-corrected chi connectivity index (χ2v) is 4.86. The predicted molar refractivity (Wildman–Crippen MR) is 84.8 cm³/mol. The molecule has 0 saturated heterocycles. The zero-order valence-electron chi connectivity index (χ0n) is 12.5. The molecule has 0 aliphatic carbocycles. The van der Waals surface area contributed by atoms with Gasteiger partial charge in [-0.15, -0.1) is 0 Å². The Bertz CT molecular complexity index is 680. The second-order valence-electron chi connectivity index (χ2n) is 4.86. The lowest BCUT2D eigenvalue weighted by Gasteiger charge is -2.14. The number of nitrogens with zero attached hydrogens (tertiary/aromatic N) is 2. The number of hydrogen-bond acceptors (Lipinski definition) is 3. The van der Waals surface area contributed by atoms with Crippen LogP contribution in [0.2, 0.25) is 0 Å². The zero-order chi connectivity index (χ0) is 15.9. The van der Waals surface area contributed by atoms with Gasteiger partial charge in [0.25, 0.3) is 11.8 Å². The van der Waals surface area contributed by atoms with E-state index in [9.17, 15) is 9.59 Å². The Hall–Kier alpha value is -2.95. The molecule has 0 atom stereocenters. The molecule has 0 fully saturated rings. The Labute approximate surface area is 129 Å². The number of hydrogen-bond donors (Lipinski definition) is 1. The largest absolute Gasteiger partial charge is 0.344 e. The van der Waals surface area contributed by atoms with Gasteiger partial charge in [0.05, 0.1) is 0 Å². The minimum atomic E-state index is -0.328. The van der Waals surface area contributed by atoms with Crippen LogP contribution in [0.1, 0.15) is 15.9 Å². The van der Waals surface area contributed by atoms with Gasteiger partial charge in [-0.2, -0.15) is 0 Å². The topological polar surface area (TPSA) is 62.3 Å². The molecule has 1 aromatic heterocycles. The number of carbonyl (C=O) groups excluding carboxylic acids is 2. The third kappa shape index (κ3) is 4.02. The van der Waals surface area contributed by atoms with Crippen LogP contribution in [0, 0.1) is 0 Å². The van der Waals surface area contributed by atoms with Crippen LogP contribution < -0.4 is 5.32 Å². The normalized spacial score (nSPS) is 10.9. The molecule has 0 spiro atoms. The van der Waals surface area contributed by atoms with Gasteiger partial charge in [-0.1, -0.05) is 24.3 Å². The van der Waals surface area contributed by atoms with Gasteiger partial charge in [0.2, 0.25) is 0 Å². The van der Waals surface area contributed by atoms with E-state index in [1.807, 2.05) is 12.1 Å². The summed E-state index contributed by atoms with van der Waals surface area (Å²) in [6.07, 6.45) is 4.88. The molecule has 0 bridgehead atoms. The van der Waals surface area contributed by atoms with Crippen molar-refractivity contribution in [3.8, 4) is 0 Å². The van der Waals surface area contributed by atoms with E-state index in [4.69, 9.17) is 0 Å². The lowest BCUT2D eigenvalue weighted by Crippen LogP contribution is -2.34. The summed E-state index contributed by atoms with van der Waals surface area (Å²) < 4.78 is 0. The van der Waals surface area contributed by atoms with Crippen LogP contribution in [0.5, 0.6) is 0 Å². The molecule has 2 aromatic rings. The van der Waals surface area contributed by atoms with Crippen LogP contribution in [-0.2, 0) is 4.79 Å². The molecule has 5 heteroatoms. The molecule has 5 nitrogen and oxygen atoms in total. The smallest absolute Gasteiger partial charge is 0.269 e. The summed E-state index contributed by atoms with van der Waals surface area (Å²) >= 11 is 0. The van der Waals surface area contributed by atoms with Crippen LogP contribution in [0.15, 0.2) is 60.6 Å². The molecular formula is C17H17N3O2. The van der Waals surface area contributed by atoms with Crippen molar-refractivity contribution in [2.24, 2.45) is 0 Å². The van der Waals surface area contributed by atoms with Gasteiger partial charge in [0.15, 0.2) is 0 Å². The Morgan fingerprint density at radius 3 is 2.41 bits per heavy atom. The molecule has 0 aliphatic rings. The van der Waals surface area contributed by atoms with E-state index in [1.165, 1.54) is 4.90 Å². The summed E-state index contributed by atoms with van der Waals surface area (Å²) in [5.41, 5.74) is 1.43.